The molecule has 1 aliphatic rings. The van der Waals surface area contributed by atoms with Crippen LogP contribution in [0.15, 0.2) is 72.8 Å². The molecule has 0 amide bonds. The van der Waals surface area contributed by atoms with Crippen molar-refractivity contribution >= 4 is 0 Å². The lowest BCUT2D eigenvalue weighted by molar-refractivity contribution is 0.0543. The lowest BCUT2D eigenvalue weighted by Gasteiger charge is -2.16. The van der Waals surface area contributed by atoms with Crippen molar-refractivity contribution in [2.45, 2.75) is 19.1 Å². The van der Waals surface area contributed by atoms with E-state index in [0.717, 1.165) is 47.3 Å². The van der Waals surface area contributed by atoms with Gasteiger partial charge in [-0.25, -0.2) is 4.39 Å². The summed E-state index contributed by atoms with van der Waals surface area (Å²) in [5.74, 6) is -0.228. The number of hydrogen-bond acceptors (Lipinski definition) is 2. The average molecular weight is 347 g/mol. The van der Waals surface area contributed by atoms with Crippen LogP contribution in [0.25, 0.3) is 22.3 Å². The molecular formula is C23H22FNO. The predicted octanol–water partition coefficient (Wildman–Crippen LogP) is 5.04. The van der Waals surface area contributed by atoms with Gasteiger partial charge in [-0.05, 0) is 52.9 Å². The summed E-state index contributed by atoms with van der Waals surface area (Å²) >= 11 is 0. The minimum absolute atomic E-state index is 0.204. The van der Waals surface area contributed by atoms with Crippen LogP contribution in [0.3, 0.4) is 0 Å². The molecule has 0 aliphatic carbocycles. The van der Waals surface area contributed by atoms with Gasteiger partial charge in [-0.2, -0.15) is 0 Å². The van der Waals surface area contributed by atoms with Crippen LogP contribution in [0.1, 0.15) is 12.0 Å². The van der Waals surface area contributed by atoms with Crippen LogP contribution in [0.2, 0.25) is 0 Å². The Labute approximate surface area is 153 Å². The molecule has 0 radical (unpaired) electrons. The van der Waals surface area contributed by atoms with Gasteiger partial charge in [0, 0.05) is 6.54 Å². The fraction of sp³-hybridized carbons (Fsp3) is 0.217. The second kappa shape index (κ2) is 7.81. The highest BCUT2D eigenvalue weighted by molar-refractivity contribution is 5.84. The first-order chi connectivity index (χ1) is 12.8. The maximum absolute atomic E-state index is 13.9. The molecule has 1 saturated heterocycles. The van der Waals surface area contributed by atoms with Crippen molar-refractivity contribution in [3.05, 3.63) is 84.2 Å². The number of halogens is 1. The van der Waals surface area contributed by atoms with E-state index in [1.54, 1.807) is 6.07 Å². The zero-order chi connectivity index (χ0) is 17.8. The van der Waals surface area contributed by atoms with Gasteiger partial charge >= 0.3 is 0 Å². The molecule has 3 aromatic rings. The lowest BCUT2D eigenvalue weighted by atomic mass is 9.92. The Morgan fingerprint density at radius 2 is 1.65 bits per heavy atom. The van der Waals surface area contributed by atoms with Crippen LogP contribution >= 0.6 is 0 Å². The molecule has 1 heterocycles. The number of nitrogens with one attached hydrogen (secondary N) is 1. The van der Waals surface area contributed by atoms with Gasteiger partial charge in [0.2, 0.25) is 0 Å². The maximum Gasteiger partial charge on any atom is 0.123 e. The summed E-state index contributed by atoms with van der Waals surface area (Å²) in [4.78, 5) is 0. The third-order valence-corrected chi connectivity index (χ3v) is 4.86. The van der Waals surface area contributed by atoms with Crippen LogP contribution in [-0.2, 0) is 11.3 Å². The Morgan fingerprint density at radius 1 is 0.885 bits per heavy atom. The van der Waals surface area contributed by atoms with Gasteiger partial charge in [0.05, 0.1) is 12.7 Å². The Hall–Kier alpha value is -2.49. The maximum atomic E-state index is 13.9. The van der Waals surface area contributed by atoms with Crippen LogP contribution in [-0.4, -0.2) is 19.2 Å². The molecule has 4 rings (SSSR count). The van der Waals surface area contributed by atoms with E-state index in [-0.39, 0.29) is 11.9 Å². The lowest BCUT2D eigenvalue weighted by Crippen LogP contribution is -2.16. The van der Waals surface area contributed by atoms with Crippen LogP contribution in [0.5, 0.6) is 0 Å². The number of hydrogen-bond donors (Lipinski definition) is 1. The third kappa shape index (κ3) is 3.69. The molecule has 26 heavy (non-hydrogen) atoms. The highest BCUT2D eigenvalue weighted by Crippen LogP contribution is 2.34. The summed E-state index contributed by atoms with van der Waals surface area (Å²) in [6.45, 7) is 2.27. The minimum atomic E-state index is -0.228. The summed E-state index contributed by atoms with van der Waals surface area (Å²) in [6, 6.07) is 23.5. The fourth-order valence-corrected chi connectivity index (χ4v) is 3.51. The molecule has 2 nitrogen and oxygen atoms in total. The Bertz CT molecular complexity index is 872. The monoisotopic (exact) mass is 347 g/mol. The van der Waals surface area contributed by atoms with Crippen molar-refractivity contribution in [2.24, 2.45) is 0 Å². The first-order valence-corrected chi connectivity index (χ1v) is 9.07. The zero-order valence-corrected chi connectivity index (χ0v) is 14.6. The smallest absolute Gasteiger partial charge is 0.123 e. The van der Waals surface area contributed by atoms with E-state index in [4.69, 9.17) is 4.74 Å². The highest BCUT2D eigenvalue weighted by atomic mass is 19.1. The molecule has 0 unspecified atom stereocenters. The fourth-order valence-electron chi connectivity index (χ4n) is 3.51. The summed E-state index contributed by atoms with van der Waals surface area (Å²) < 4.78 is 19.9. The molecule has 0 bridgehead atoms. The molecule has 1 aliphatic heterocycles. The van der Waals surface area contributed by atoms with Gasteiger partial charge in [-0.3, -0.25) is 0 Å². The Balaban J connectivity index is 1.72. The first-order valence-electron chi connectivity index (χ1n) is 9.07. The van der Waals surface area contributed by atoms with Crippen LogP contribution in [0.4, 0.5) is 4.39 Å². The van der Waals surface area contributed by atoms with Crippen molar-refractivity contribution in [1.29, 1.82) is 0 Å². The van der Waals surface area contributed by atoms with E-state index >= 15 is 0 Å². The topological polar surface area (TPSA) is 21.3 Å². The van der Waals surface area contributed by atoms with Gasteiger partial charge in [0.15, 0.2) is 0 Å². The van der Waals surface area contributed by atoms with E-state index < -0.39 is 0 Å². The Morgan fingerprint density at radius 3 is 2.42 bits per heavy atom. The standard InChI is InChI=1S/C23H22FNO/c24-19-10-11-22(18(14-19)16-26-20-12-13-25-15-20)23-9-5-4-8-21(23)17-6-2-1-3-7-17/h1-11,14,20,25H,12-13,15-16H2/t20-/m0/s1. The predicted molar refractivity (Wildman–Crippen MR) is 103 cm³/mol. The van der Waals surface area contributed by atoms with Gasteiger partial charge in [-0.15, -0.1) is 0 Å². The van der Waals surface area contributed by atoms with Crippen molar-refractivity contribution in [2.75, 3.05) is 13.1 Å². The number of benzene rings is 3. The van der Waals surface area contributed by atoms with Gasteiger partial charge in [-0.1, -0.05) is 60.7 Å². The Kier molecular flexibility index (Phi) is 5.09. The van der Waals surface area contributed by atoms with E-state index in [1.807, 2.05) is 36.4 Å². The van der Waals surface area contributed by atoms with E-state index in [2.05, 4.69) is 29.6 Å². The molecule has 3 aromatic carbocycles. The van der Waals surface area contributed by atoms with Crippen molar-refractivity contribution in [3.63, 3.8) is 0 Å². The number of rotatable bonds is 5. The van der Waals surface area contributed by atoms with Crippen LogP contribution < -0.4 is 5.32 Å². The second-order valence-corrected chi connectivity index (χ2v) is 6.64. The summed E-state index contributed by atoms with van der Waals surface area (Å²) in [7, 11) is 0. The third-order valence-electron chi connectivity index (χ3n) is 4.86. The summed E-state index contributed by atoms with van der Waals surface area (Å²) in [6.07, 6.45) is 1.21. The van der Waals surface area contributed by atoms with E-state index in [1.165, 1.54) is 6.07 Å². The zero-order valence-electron chi connectivity index (χ0n) is 14.6. The normalized spacial score (nSPS) is 16.7. The minimum Gasteiger partial charge on any atom is -0.372 e. The average Bonchev–Trinajstić information content (AvgIpc) is 3.21. The SMILES string of the molecule is Fc1ccc(-c2ccccc2-c2ccccc2)c(CO[C@H]2CCNC2)c1. The molecule has 1 atom stereocenters. The molecule has 0 saturated carbocycles. The molecule has 132 valence electrons. The molecular weight excluding hydrogens is 325 g/mol. The highest BCUT2D eigenvalue weighted by Gasteiger charge is 2.17. The van der Waals surface area contributed by atoms with Crippen molar-refractivity contribution in [3.8, 4) is 22.3 Å². The molecule has 0 spiro atoms. The van der Waals surface area contributed by atoms with Gasteiger partial charge < -0.3 is 10.1 Å². The number of ether oxygens (including phenoxy) is 1. The molecule has 0 aromatic heterocycles. The molecule has 3 heteroatoms. The van der Waals surface area contributed by atoms with Crippen molar-refractivity contribution in [1.82, 2.24) is 5.32 Å². The quantitative estimate of drug-likeness (QED) is 0.698. The first kappa shape index (κ1) is 17.0. The van der Waals surface area contributed by atoms with E-state index in [9.17, 15) is 4.39 Å². The van der Waals surface area contributed by atoms with Crippen LogP contribution in [0, 0.1) is 5.82 Å². The molecule has 1 fully saturated rings. The second-order valence-electron chi connectivity index (χ2n) is 6.64. The molecule has 1 N–H and O–H groups in total. The van der Waals surface area contributed by atoms with Crippen molar-refractivity contribution < 1.29 is 9.13 Å². The largest absolute Gasteiger partial charge is 0.372 e. The van der Waals surface area contributed by atoms with Gasteiger partial charge in [0.1, 0.15) is 5.82 Å². The van der Waals surface area contributed by atoms with Gasteiger partial charge in [0.25, 0.3) is 0 Å². The van der Waals surface area contributed by atoms with E-state index in [0.29, 0.717) is 6.61 Å². The summed E-state index contributed by atoms with van der Waals surface area (Å²) in [5, 5.41) is 3.30. The summed E-state index contributed by atoms with van der Waals surface area (Å²) in [5.41, 5.74) is 5.31.